The highest BCUT2D eigenvalue weighted by atomic mass is 19.1. The van der Waals surface area contributed by atoms with E-state index >= 15 is 0 Å². The van der Waals surface area contributed by atoms with E-state index in [1.165, 1.54) is 6.07 Å². The maximum absolute atomic E-state index is 14.4. The maximum atomic E-state index is 14.4. The molecule has 0 fully saturated rings. The molecule has 1 unspecified atom stereocenters. The van der Waals surface area contributed by atoms with Gasteiger partial charge in [-0.3, -0.25) is 20.0 Å². The molecule has 7 heteroatoms. The number of hydrogen-bond acceptors (Lipinski definition) is 6. The molecule has 0 aliphatic heterocycles. The number of carbonyl (C=O) groups is 1. The minimum absolute atomic E-state index is 0.0895. The molecule has 0 spiro atoms. The van der Waals surface area contributed by atoms with Gasteiger partial charge in [-0.05, 0) is 37.0 Å². The summed E-state index contributed by atoms with van der Waals surface area (Å²) in [6, 6.07) is 13.9. The molecule has 2 rings (SSSR count). The van der Waals surface area contributed by atoms with Crippen molar-refractivity contribution < 1.29 is 29.2 Å². The molecule has 140 valence electrons. The summed E-state index contributed by atoms with van der Waals surface area (Å²) in [4.78, 5) is 16.5. The number of rotatable bonds is 9. The van der Waals surface area contributed by atoms with Crippen LogP contribution in [0.15, 0.2) is 48.5 Å². The fourth-order valence-electron chi connectivity index (χ4n) is 2.44. The van der Waals surface area contributed by atoms with Gasteiger partial charge in [-0.2, -0.15) is 0 Å². The molecule has 2 N–H and O–H groups in total. The molecule has 0 bridgehead atoms. The van der Waals surface area contributed by atoms with Gasteiger partial charge in [0.1, 0.15) is 5.82 Å². The second-order valence-electron chi connectivity index (χ2n) is 5.79. The van der Waals surface area contributed by atoms with Crippen LogP contribution in [0.3, 0.4) is 0 Å². The summed E-state index contributed by atoms with van der Waals surface area (Å²) in [6.45, 7) is 1.93. The van der Waals surface area contributed by atoms with Crippen molar-refractivity contribution in [3.8, 4) is 11.1 Å². The number of ether oxygens (including phenoxy) is 1. The van der Waals surface area contributed by atoms with Crippen LogP contribution in [0.4, 0.5) is 4.39 Å². The van der Waals surface area contributed by atoms with Gasteiger partial charge in [0.05, 0.1) is 24.5 Å². The lowest BCUT2D eigenvalue weighted by molar-refractivity contribution is -0.492. The lowest BCUT2D eigenvalue weighted by Gasteiger charge is -2.13. The Bertz CT molecular complexity index is 708. The zero-order chi connectivity index (χ0) is 18.9. The zero-order valence-corrected chi connectivity index (χ0v) is 14.5. The molecule has 26 heavy (non-hydrogen) atoms. The number of nitrogens with zero attached hydrogens (tertiary/aromatic N) is 1. The Kier molecular flexibility index (Phi) is 7.68. The average Bonchev–Trinajstić information content (AvgIpc) is 2.64. The summed E-state index contributed by atoms with van der Waals surface area (Å²) in [6.07, 6.45) is 0.993. The first-order chi connectivity index (χ1) is 12.5. The van der Waals surface area contributed by atoms with Crippen molar-refractivity contribution in [2.75, 3.05) is 13.2 Å². The monoisotopic (exact) mass is 363 g/mol. The summed E-state index contributed by atoms with van der Waals surface area (Å²) in [7, 11) is 0. The number of unbranched alkanes of at least 4 members (excludes halogenated alkanes) is 1. The molecule has 6 nitrogen and oxygen atoms in total. The average molecular weight is 363 g/mol. The number of carbonyl (C=O) groups excluding carboxylic acids is 1. The standard InChI is InChI=1S/C19H22FNO5/c1-14(19(22)25-11-5-6-12-26-21(23)24)16-9-10-17(18(20)13-16)15-7-3-2-4-8-15/h2-4,7-10,13-14,23-24H,5-6,11-12H2,1H3. The predicted molar refractivity (Wildman–Crippen MR) is 91.8 cm³/mol. The number of esters is 1. The van der Waals surface area contributed by atoms with Crippen LogP contribution in [-0.2, 0) is 14.4 Å². The maximum Gasteiger partial charge on any atom is 0.313 e. The van der Waals surface area contributed by atoms with E-state index in [0.717, 1.165) is 5.56 Å². The highest BCUT2D eigenvalue weighted by molar-refractivity contribution is 5.78. The summed E-state index contributed by atoms with van der Waals surface area (Å²) < 4.78 is 19.6. The molecule has 2 aromatic carbocycles. The van der Waals surface area contributed by atoms with Gasteiger partial charge in [0.2, 0.25) is 0 Å². The summed E-state index contributed by atoms with van der Waals surface area (Å²) in [5.41, 5.74) is 1.81. The van der Waals surface area contributed by atoms with Gasteiger partial charge in [-0.25, -0.2) is 4.39 Å². The van der Waals surface area contributed by atoms with Crippen molar-refractivity contribution >= 4 is 5.97 Å². The van der Waals surface area contributed by atoms with Gasteiger partial charge in [0.15, 0.2) is 0 Å². The third-order valence-electron chi connectivity index (χ3n) is 3.92. The Morgan fingerprint density at radius 1 is 1.12 bits per heavy atom. The van der Waals surface area contributed by atoms with E-state index < -0.39 is 11.9 Å². The molecular formula is C19H22FNO5. The van der Waals surface area contributed by atoms with Gasteiger partial charge < -0.3 is 4.74 Å². The fourth-order valence-corrected chi connectivity index (χ4v) is 2.44. The molecule has 0 aliphatic carbocycles. The SMILES string of the molecule is CC(C(=O)OCCCCON(O)O)c1ccc(-c2ccccc2)c(F)c1. The van der Waals surface area contributed by atoms with Gasteiger partial charge >= 0.3 is 5.97 Å². The lowest BCUT2D eigenvalue weighted by Crippen LogP contribution is -2.16. The highest BCUT2D eigenvalue weighted by Gasteiger charge is 2.18. The van der Waals surface area contributed by atoms with Crippen LogP contribution in [-0.4, -0.2) is 35.0 Å². The van der Waals surface area contributed by atoms with Crippen LogP contribution >= 0.6 is 0 Å². The number of hydrogen-bond donors (Lipinski definition) is 2. The van der Waals surface area contributed by atoms with E-state index in [0.29, 0.717) is 24.0 Å². The van der Waals surface area contributed by atoms with Crippen LogP contribution in [0.5, 0.6) is 0 Å². The second kappa shape index (κ2) is 9.98. The van der Waals surface area contributed by atoms with Crippen LogP contribution in [0.1, 0.15) is 31.2 Å². The van der Waals surface area contributed by atoms with Gasteiger partial charge in [-0.15, -0.1) is 0 Å². The van der Waals surface area contributed by atoms with Crippen molar-refractivity contribution in [3.63, 3.8) is 0 Å². The van der Waals surface area contributed by atoms with Crippen molar-refractivity contribution in [2.45, 2.75) is 25.7 Å². The Morgan fingerprint density at radius 3 is 2.46 bits per heavy atom. The third kappa shape index (κ3) is 5.89. The van der Waals surface area contributed by atoms with Crippen LogP contribution in [0, 0.1) is 5.82 Å². The predicted octanol–water partition coefficient (Wildman–Crippen LogP) is 3.93. The molecule has 0 heterocycles. The molecule has 2 aromatic rings. The van der Waals surface area contributed by atoms with Gasteiger partial charge in [0, 0.05) is 5.56 Å². The number of benzene rings is 2. The second-order valence-corrected chi connectivity index (χ2v) is 5.79. The van der Waals surface area contributed by atoms with E-state index in [2.05, 4.69) is 4.84 Å². The minimum atomic E-state index is -0.587. The van der Waals surface area contributed by atoms with Crippen LogP contribution < -0.4 is 0 Å². The number of halogens is 1. The van der Waals surface area contributed by atoms with E-state index in [4.69, 9.17) is 15.2 Å². The smallest absolute Gasteiger partial charge is 0.313 e. The van der Waals surface area contributed by atoms with Crippen molar-refractivity contribution in [3.05, 3.63) is 59.9 Å². The van der Waals surface area contributed by atoms with Gasteiger partial charge in [0.25, 0.3) is 0 Å². The topological polar surface area (TPSA) is 79.2 Å². The molecule has 0 aliphatic rings. The first-order valence-corrected chi connectivity index (χ1v) is 8.31. The normalized spacial score (nSPS) is 12.2. The minimum Gasteiger partial charge on any atom is -0.465 e. The summed E-state index contributed by atoms with van der Waals surface area (Å²) in [5, 5.41) is 16.4. The molecule has 0 saturated carbocycles. The van der Waals surface area contributed by atoms with E-state index in [9.17, 15) is 9.18 Å². The van der Waals surface area contributed by atoms with E-state index in [1.807, 2.05) is 30.3 Å². The molecule has 0 aromatic heterocycles. The molecule has 0 radical (unpaired) electrons. The summed E-state index contributed by atoms with van der Waals surface area (Å²) in [5.74, 6) is -1.41. The molecule has 0 amide bonds. The van der Waals surface area contributed by atoms with Crippen LogP contribution in [0.25, 0.3) is 11.1 Å². The molecular weight excluding hydrogens is 341 g/mol. The largest absolute Gasteiger partial charge is 0.465 e. The van der Waals surface area contributed by atoms with Crippen molar-refractivity contribution in [2.24, 2.45) is 0 Å². The lowest BCUT2D eigenvalue weighted by atomic mass is 9.97. The van der Waals surface area contributed by atoms with E-state index in [1.54, 1.807) is 19.1 Å². The van der Waals surface area contributed by atoms with Crippen molar-refractivity contribution in [1.29, 1.82) is 0 Å². The molecule has 1 atom stereocenters. The Hall–Kier alpha value is -2.32. The van der Waals surface area contributed by atoms with Crippen molar-refractivity contribution in [1.82, 2.24) is 5.39 Å². The Labute approximate surface area is 151 Å². The Morgan fingerprint density at radius 2 is 1.81 bits per heavy atom. The zero-order valence-electron chi connectivity index (χ0n) is 14.5. The quantitative estimate of drug-likeness (QED) is 0.399. The van der Waals surface area contributed by atoms with Crippen LogP contribution in [0.2, 0.25) is 0 Å². The van der Waals surface area contributed by atoms with E-state index in [-0.39, 0.29) is 24.4 Å². The first-order valence-electron chi connectivity index (χ1n) is 8.31. The van der Waals surface area contributed by atoms with Gasteiger partial charge in [-0.1, -0.05) is 42.5 Å². The molecule has 0 saturated heterocycles. The Balaban J connectivity index is 1.87. The first kappa shape index (κ1) is 20.0. The highest BCUT2D eigenvalue weighted by Crippen LogP contribution is 2.26. The fraction of sp³-hybridized carbons (Fsp3) is 0.316. The summed E-state index contributed by atoms with van der Waals surface area (Å²) >= 11 is 0. The third-order valence-corrected chi connectivity index (χ3v) is 3.92.